The molecule has 3 nitrogen and oxygen atoms in total. The van der Waals surface area contributed by atoms with Crippen molar-refractivity contribution in [2.45, 2.75) is 40.0 Å². The van der Waals surface area contributed by atoms with Crippen molar-refractivity contribution in [1.82, 2.24) is 0 Å². The molecule has 0 radical (unpaired) electrons. The van der Waals surface area contributed by atoms with E-state index in [0.717, 1.165) is 29.2 Å². The SMILES string of the molecule is COc1cc(C=Nc2ccc(C(C)C)cc2)ccc1OCCC(C)C. The fourth-order valence-corrected chi connectivity index (χ4v) is 2.38. The average Bonchev–Trinajstić information content (AvgIpc) is 2.60. The highest BCUT2D eigenvalue weighted by Crippen LogP contribution is 2.28. The zero-order valence-corrected chi connectivity index (χ0v) is 16.0. The monoisotopic (exact) mass is 339 g/mol. The van der Waals surface area contributed by atoms with E-state index in [2.05, 4.69) is 44.8 Å². The van der Waals surface area contributed by atoms with Crippen LogP contribution in [0.25, 0.3) is 0 Å². The van der Waals surface area contributed by atoms with Crippen LogP contribution in [0.2, 0.25) is 0 Å². The van der Waals surface area contributed by atoms with Crippen LogP contribution >= 0.6 is 0 Å². The van der Waals surface area contributed by atoms with Gasteiger partial charge in [0.15, 0.2) is 11.5 Å². The van der Waals surface area contributed by atoms with Gasteiger partial charge in [0.2, 0.25) is 0 Å². The van der Waals surface area contributed by atoms with Crippen molar-refractivity contribution >= 4 is 11.9 Å². The molecule has 0 bridgehead atoms. The van der Waals surface area contributed by atoms with E-state index in [0.29, 0.717) is 18.4 Å². The van der Waals surface area contributed by atoms with Gasteiger partial charge in [-0.05, 0) is 59.7 Å². The lowest BCUT2D eigenvalue weighted by atomic mass is 10.0. The Balaban J connectivity index is 2.06. The zero-order chi connectivity index (χ0) is 18.2. The van der Waals surface area contributed by atoms with Crippen molar-refractivity contribution in [2.75, 3.05) is 13.7 Å². The molecule has 0 saturated heterocycles. The predicted molar refractivity (Wildman–Crippen MR) is 106 cm³/mol. The van der Waals surface area contributed by atoms with E-state index in [-0.39, 0.29) is 0 Å². The molecule has 0 aliphatic heterocycles. The van der Waals surface area contributed by atoms with Gasteiger partial charge < -0.3 is 9.47 Å². The molecule has 0 saturated carbocycles. The van der Waals surface area contributed by atoms with E-state index >= 15 is 0 Å². The molecule has 134 valence electrons. The number of aliphatic imine (C=N–C) groups is 1. The fourth-order valence-electron chi connectivity index (χ4n) is 2.38. The van der Waals surface area contributed by atoms with Gasteiger partial charge in [-0.1, -0.05) is 39.8 Å². The number of benzene rings is 2. The minimum Gasteiger partial charge on any atom is -0.493 e. The number of rotatable bonds is 8. The molecule has 0 aliphatic rings. The molecular formula is C22H29NO2. The summed E-state index contributed by atoms with van der Waals surface area (Å²) >= 11 is 0. The normalized spacial score (nSPS) is 11.5. The fraction of sp³-hybridized carbons (Fsp3) is 0.409. The molecule has 0 aromatic heterocycles. The van der Waals surface area contributed by atoms with E-state index in [1.807, 2.05) is 36.5 Å². The second kappa shape index (κ2) is 9.26. The molecule has 2 aromatic rings. The lowest BCUT2D eigenvalue weighted by Crippen LogP contribution is -2.02. The molecule has 0 atom stereocenters. The van der Waals surface area contributed by atoms with Gasteiger partial charge in [0, 0.05) is 6.21 Å². The average molecular weight is 339 g/mol. The van der Waals surface area contributed by atoms with Gasteiger partial charge in [-0.25, -0.2) is 0 Å². The van der Waals surface area contributed by atoms with Gasteiger partial charge in [0.25, 0.3) is 0 Å². The Hall–Kier alpha value is -2.29. The Bertz CT molecular complexity index is 688. The van der Waals surface area contributed by atoms with Crippen LogP contribution in [-0.2, 0) is 0 Å². The summed E-state index contributed by atoms with van der Waals surface area (Å²) in [6, 6.07) is 14.3. The number of hydrogen-bond donors (Lipinski definition) is 0. The Kier molecular flexibility index (Phi) is 7.05. The summed E-state index contributed by atoms with van der Waals surface area (Å²) < 4.78 is 11.3. The van der Waals surface area contributed by atoms with E-state index in [4.69, 9.17) is 9.47 Å². The first kappa shape index (κ1) is 19.0. The summed E-state index contributed by atoms with van der Waals surface area (Å²) in [6.07, 6.45) is 2.88. The van der Waals surface area contributed by atoms with Crippen molar-refractivity contribution < 1.29 is 9.47 Å². The first-order valence-electron chi connectivity index (χ1n) is 8.94. The first-order chi connectivity index (χ1) is 12.0. The molecule has 3 heteroatoms. The molecule has 0 fully saturated rings. The lowest BCUT2D eigenvalue weighted by Gasteiger charge is -2.12. The topological polar surface area (TPSA) is 30.8 Å². The molecule has 0 unspecified atom stereocenters. The first-order valence-corrected chi connectivity index (χ1v) is 8.94. The molecule has 0 aliphatic carbocycles. The zero-order valence-electron chi connectivity index (χ0n) is 16.0. The maximum atomic E-state index is 5.82. The molecule has 2 rings (SSSR count). The van der Waals surface area contributed by atoms with Crippen LogP contribution in [0.5, 0.6) is 11.5 Å². The third kappa shape index (κ3) is 5.93. The van der Waals surface area contributed by atoms with Gasteiger partial charge in [0.05, 0.1) is 19.4 Å². The maximum absolute atomic E-state index is 5.82. The van der Waals surface area contributed by atoms with Crippen LogP contribution in [0, 0.1) is 5.92 Å². The van der Waals surface area contributed by atoms with Gasteiger partial charge >= 0.3 is 0 Å². The summed E-state index contributed by atoms with van der Waals surface area (Å²) in [6.45, 7) is 9.45. The Morgan fingerprint density at radius 3 is 2.28 bits per heavy atom. The van der Waals surface area contributed by atoms with Gasteiger partial charge in [-0.2, -0.15) is 0 Å². The number of hydrogen-bond acceptors (Lipinski definition) is 3. The van der Waals surface area contributed by atoms with Crippen LogP contribution in [0.3, 0.4) is 0 Å². The smallest absolute Gasteiger partial charge is 0.161 e. The minimum atomic E-state index is 0.533. The summed E-state index contributed by atoms with van der Waals surface area (Å²) in [4.78, 5) is 4.55. The van der Waals surface area contributed by atoms with Gasteiger partial charge in [-0.15, -0.1) is 0 Å². The third-order valence-corrected chi connectivity index (χ3v) is 4.06. The summed E-state index contributed by atoms with van der Waals surface area (Å²) in [7, 11) is 1.66. The molecule has 0 spiro atoms. The third-order valence-electron chi connectivity index (χ3n) is 4.06. The highest BCUT2D eigenvalue weighted by Gasteiger charge is 2.06. The quantitative estimate of drug-likeness (QED) is 0.553. The highest BCUT2D eigenvalue weighted by molar-refractivity contribution is 5.83. The van der Waals surface area contributed by atoms with Crippen molar-refractivity contribution in [3.63, 3.8) is 0 Å². The second-order valence-electron chi connectivity index (χ2n) is 6.95. The predicted octanol–water partition coefficient (Wildman–Crippen LogP) is 5.99. The molecule has 2 aromatic carbocycles. The van der Waals surface area contributed by atoms with Crippen LogP contribution in [0.15, 0.2) is 47.5 Å². The van der Waals surface area contributed by atoms with Crippen molar-refractivity contribution in [3.05, 3.63) is 53.6 Å². The second-order valence-corrected chi connectivity index (χ2v) is 6.95. The number of methoxy groups -OCH3 is 1. The molecule has 0 N–H and O–H groups in total. The van der Waals surface area contributed by atoms with E-state index in [1.54, 1.807) is 7.11 Å². The van der Waals surface area contributed by atoms with Crippen LogP contribution in [-0.4, -0.2) is 19.9 Å². The standard InChI is InChI=1S/C22H29NO2/c1-16(2)12-13-25-21-11-6-18(14-22(21)24-5)15-23-20-9-7-19(8-10-20)17(3)4/h6-11,14-17H,12-13H2,1-5H3. The van der Waals surface area contributed by atoms with Gasteiger partial charge in [-0.3, -0.25) is 4.99 Å². The summed E-state index contributed by atoms with van der Waals surface area (Å²) in [5.74, 6) is 2.68. The molecule has 25 heavy (non-hydrogen) atoms. The van der Waals surface area contributed by atoms with E-state index in [9.17, 15) is 0 Å². The molecular weight excluding hydrogens is 310 g/mol. The lowest BCUT2D eigenvalue weighted by molar-refractivity contribution is 0.273. The maximum Gasteiger partial charge on any atom is 0.161 e. The largest absolute Gasteiger partial charge is 0.493 e. The minimum absolute atomic E-state index is 0.533. The van der Waals surface area contributed by atoms with Crippen LogP contribution in [0.4, 0.5) is 5.69 Å². The Labute approximate surface area is 151 Å². The van der Waals surface area contributed by atoms with Crippen LogP contribution in [0.1, 0.15) is 51.2 Å². The van der Waals surface area contributed by atoms with Gasteiger partial charge in [0.1, 0.15) is 0 Å². The van der Waals surface area contributed by atoms with Crippen molar-refractivity contribution in [3.8, 4) is 11.5 Å². The summed E-state index contributed by atoms with van der Waals surface area (Å²) in [5, 5.41) is 0. The summed E-state index contributed by atoms with van der Waals surface area (Å²) in [5.41, 5.74) is 3.25. The molecule has 0 heterocycles. The van der Waals surface area contributed by atoms with Crippen molar-refractivity contribution in [2.24, 2.45) is 10.9 Å². The Morgan fingerprint density at radius 2 is 1.68 bits per heavy atom. The van der Waals surface area contributed by atoms with Crippen molar-refractivity contribution in [1.29, 1.82) is 0 Å². The van der Waals surface area contributed by atoms with E-state index < -0.39 is 0 Å². The molecule has 0 amide bonds. The Morgan fingerprint density at radius 1 is 0.960 bits per heavy atom. The number of ether oxygens (including phenoxy) is 2. The van der Waals surface area contributed by atoms with Crippen LogP contribution < -0.4 is 9.47 Å². The highest BCUT2D eigenvalue weighted by atomic mass is 16.5. The van der Waals surface area contributed by atoms with E-state index in [1.165, 1.54) is 5.56 Å². The number of nitrogens with zero attached hydrogens (tertiary/aromatic N) is 1.